The van der Waals surface area contributed by atoms with E-state index < -0.39 is 18.5 Å². The summed E-state index contributed by atoms with van der Waals surface area (Å²) in [6.45, 7) is 2.83. The van der Waals surface area contributed by atoms with Gasteiger partial charge in [-0.25, -0.2) is 4.79 Å². The van der Waals surface area contributed by atoms with Crippen molar-refractivity contribution < 1.29 is 28.7 Å². The van der Waals surface area contributed by atoms with Crippen LogP contribution in [0, 0.1) is 17.8 Å². The van der Waals surface area contributed by atoms with Crippen LogP contribution in [-0.4, -0.2) is 36.2 Å². The van der Waals surface area contributed by atoms with Crippen LogP contribution in [0.3, 0.4) is 0 Å². The number of ether oxygens (including phenoxy) is 1. The van der Waals surface area contributed by atoms with E-state index in [1.165, 1.54) is 36.1 Å². The van der Waals surface area contributed by atoms with Crippen LogP contribution in [-0.2, 0) is 23.9 Å². The van der Waals surface area contributed by atoms with E-state index in [1.54, 1.807) is 24.3 Å². The number of benzene rings is 2. The molecule has 0 radical (unpaired) electrons. The molecule has 0 unspecified atom stereocenters. The summed E-state index contributed by atoms with van der Waals surface area (Å²) < 4.78 is 5.07. The molecule has 0 saturated carbocycles. The second-order valence-corrected chi connectivity index (χ2v) is 8.60. The summed E-state index contributed by atoms with van der Waals surface area (Å²) in [5.74, 6) is -2.62. The third-order valence-corrected chi connectivity index (χ3v) is 6.06. The average molecular weight is 476 g/mol. The number of imide groups is 1. The maximum absolute atomic E-state index is 12.9. The highest BCUT2D eigenvalue weighted by molar-refractivity contribution is 6.22. The zero-order valence-electron chi connectivity index (χ0n) is 19.3. The summed E-state index contributed by atoms with van der Waals surface area (Å²) in [6.07, 6.45) is 4.45. The van der Waals surface area contributed by atoms with Crippen LogP contribution in [0.25, 0.3) is 0 Å². The monoisotopic (exact) mass is 475 g/mol. The summed E-state index contributed by atoms with van der Waals surface area (Å²) in [6, 6.07) is 12.5. The van der Waals surface area contributed by atoms with Crippen LogP contribution < -0.4 is 15.5 Å². The van der Waals surface area contributed by atoms with E-state index >= 15 is 0 Å². The van der Waals surface area contributed by atoms with Crippen molar-refractivity contribution in [1.29, 1.82) is 0 Å². The van der Waals surface area contributed by atoms with Crippen molar-refractivity contribution in [2.24, 2.45) is 17.8 Å². The van der Waals surface area contributed by atoms with Gasteiger partial charge in [0.05, 0.1) is 23.1 Å². The van der Waals surface area contributed by atoms with Gasteiger partial charge in [-0.3, -0.25) is 24.1 Å². The fourth-order valence-electron chi connectivity index (χ4n) is 4.40. The Kier molecular flexibility index (Phi) is 6.77. The molecule has 180 valence electrons. The number of allylic oxidation sites excluding steroid dienone is 2. The van der Waals surface area contributed by atoms with Crippen molar-refractivity contribution in [2.75, 3.05) is 22.1 Å². The molecule has 2 aliphatic rings. The largest absolute Gasteiger partial charge is 0.452 e. The summed E-state index contributed by atoms with van der Waals surface area (Å²) in [7, 11) is 0. The van der Waals surface area contributed by atoms with Gasteiger partial charge in [-0.15, -0.1) is 0 Å². The van der Waals surface area contributed by atoms with E-state index in [4.69, 9.17) is 4.74 Å². The standard InChI is InChI=1S/C26H25N3O6/c1-15-4-3-5-21-23(15)25(33)29(24(21)32)20-12-6-17(7-13-20)26(34)35-14-22(31)28-19-10-8-18(9-11-19)27-16(2)30/h3-4,6-13,15,21,23H,5,14H2,1-2H3,(H,27,30)(H,28,31)/t15-,21-,23-/m1/s1. The minimum absolute atomic E-state index is 0.00857. The number of nitrogens with zero attached hydrogens (tertiary/aromatic N) is 1. The minimum Gasteiger partial charge on any atom is -0.452 e. The molecule has 1 heterocycles. The topological polar surface area (TPSA) is 122 Å². The molecule has 2 N–H and O–H groups in total. The highest BCUT2D eigenvalue weighted by Crippen LogP contribution is 2.40. The molecule has 35 heavy (non-hydrogen) atoms. The van der Waals surface area contributed by atoms with Gasteiger partial charge in [0.25, 0.3) is 5.91 Å². The molecule has 9 nitrogen and oxygen atoms in total. The zero-order valence-corrected chi connectivity index (χ0v) is 19.3. The summed E-state index contributed by atoms with van der Waals surface area (Å²) in [5.41, 5.74) is 1.66. The molecule has 9 heteroatoms. The van der Waals surface area contributed by atoms with Gasteiger partial charge < -0.3 is 15.4 Å². The Morgan fingerprint density at radius 2 is 1.57 bits per heavy atom. The number of hydrogen-bond acceptors (Lipinski definition) is 6. The van der Waals surface area contributed by atoms with Crippen LogP contribution in [0.15, 0.2) is 60.7 Å². The lowest BCUT2D eigenvalue weighted by Crippen LogP contribution is -2.31. The Bertz CT molecular complexity index is 1200. The summed E-state index contributed by atoms with van der Waals surface area (Å²) in [5, 5.41) is 5.22. The number of anilines is 3. The Hall–Kier alpha value is -4.27. The van der Waals surface area contributed by atoms with Crippen LogP contribution in [0.4, 0.5) is 17.1 Å². The highest BCUT2D eigenvalue weighted by atomic mass is 16.5. The predicted molar refractivity (Wildman–Crippen MR) is 128 cm³/mol. The predicted octanol–water partition coefficient (Wildman–Crippen LogP) is 3.14. The number of hydrogen-bond donors (Lipinski definition) is 2. The Morgan fingerprint density at radius 3 is 2.17 bits per heavy atom. The first kappa shape index (κ1) is 23.9. The van der Waals surface area contributed by atoms with E-state index in [0.29, 0.717) is 23.5 Å². The molecule has 0 spiro atoms. The van der Waals surface area contributed by atoms with Crippen LogP contribution in [0.2, 0.25) is 0 Å². The molecule has 0 bridgehead atoms. The Morgan fingerprint density at radius 1 is 0.943 bits per heavy atom. The van der Waals surface area contributed by atoms with Crippen molar-refractivity contribution in [1.82, 2.24) is 0 Å². The maximum atomic E-state index is 12.9. The van der Waals surface area contributed by atoms with E-state index in [9.17, 15) is 24.0 Å². The zero-order chi connectivity index (χ0) is 25.1. The lowest BCUT2D eigenvalue weighted by molar-refractivity contribution is -0.123. The lowest BCUT2D eigenvalue weighted by atomic mass is 9.78. The minimum atomic E-state index is -0.710. The second kappa shape index (κ2) is 9.92. The third-order valence-electron chi connectivity index (χ3n) is 6.06. The quantitative estimate of drug-likeness (QED) is 0.376. The molecule has 2 aromatic rings. The SMILES string of the molecule is CC(=O)Nc1ccc(NC(=O)COC(=O)c2ccc(N3C(=O)[C@@H]4[C@H](C)C=CC[C@H]4C3=O)cc2)cc1. The van der Waals surface area contributed by atoms with E-state index in [-0.39, 0.29) is 41.0 Å². The van der Waals surface area contributed by atoms with Crippen LogP contribution in [0.1, 0.15) is 30.6 Å². The van der Waals surface area contributed by atoms with E-state index in [0.717, 1.165) is 0 Å². The van der Waals surface area contributed by atoms with Crippen LogP contribution >= 0.6 is 0 Å². The first-order valence-electron chi connectivity index (χ1n) is 11.2. The van der Waals surface area contributed by atoms with Gasteiger partial charge in [-0.1, -0.05) is 19.1 Å². The number of nitrogens with one attached hydrogen (secondary N) is 2. The number of rotatable bonds is 6. The first-order valence-corrected chi connectivity index (χ1v) is 11.2. The number of carbonyl (C=O) groups excluding carboxylic acids is 5. The summed E-state index contributed by atoms with van der Waals surface area (Å²) >= 11 is 0. The normalized spacial score (nSPS) is 20.9. The molecular formula is C26H25N3O6. The fraction of sp³-hybridized carbons (Fsp3) is 0.269. The smallest absolute Gasteiger partial charge is 0.338 e. The maximum Gasteiger partial charge on any atom is 0.338 e. The van der Waals surface area contributed by atoms with Gasteiger partial charge in [-0.2, -0.15) is 0 Å². The van der Waals surface area contributed by atoms with Gasteiger partial charge in [-0.05, 0) is 60.9 Å². The molecular weight excluding hydrogens is 450 g/mol. The molecule has 1 aliphatic heterocycles. The van der Waals surface area contributed by atoms with Crippen molar-refractivity contribution in [2.45, 2.75) is 20.3 Å². The average Bonchev–Trinajstić information content (AvgIpc) is 3.09. The number of amides is 4. The van der Waals surface area contributed by atoms with Crippen LogP contribution in [0.5, 0.6) is 0 Å². The number of fused-ring (bicyclic) bond motifs is 1. The van der Waals surface area contributed by atoms with Crippen molar-refractivity contribution >= 4 is 46.7 Å². The Labute approximate surface area is 202 Å². The molecule has 2 aromatic carbocycles. The van der Waals surface area contributed by atoms with Gasteiger partial charge in [0.1, 0.15) is 0 Å². The van der Waals surface area contributed by atoms with E-state index in [2.05, 4.69) is 10.6 Å². The highest BCUT2D eigenvalue weighted by Gasteiger charge is 2.50. The fourth-order valence-corrected chi connectivity index (χ4v) is 4.40. The lowest BCUT2D eigenvalue weighted by Gasteiger charge is -2.22. The molecule has 1 saturated heterocycles. The van der Waals surface area contributed by atoms with Crippen molar-refractivity contribution in [3.05, 3.63) is 66.2 Å². The summed E-state index contributed by atoms with van der Waals surface area (Å²) in [4.78, 5) is 62.4. The van der Waals surface area contributed by atoms with Crippen molar-refractivity contribution in [3.8, 4) is 0 Å². The Balaban J connectivity index is 1.32. The first-order chi connectivity index (χ1) is 16.7. The van der Waals surface area contributed by atoms with E-state index in [1.807, 2.05) is 19.1 Å². The molecule has 4 rings (SSSR count). The molecule has 3 atom stereocenters. The number of esters is 1. The second-order valence-electron chi connectivity index (χ2n) is 8.60. The molecule has 1 aliphatic carbocycles. The van der Waals surface area contributed by atoms with Gasteiger partial charge in [0.15, 0.2) is 6.61 Å². The number of carbonyl (C=O) groups is 5. The van der Waals surface area contributed by atoms with Gasteiger partial charge in [0, 0.05) is 18.3 Å². The van der Waals surface area contributed by atoms with Gasteiger partial charge in [0.2, 0.25) is 17.7 Å². The van der Waals surface area contributed by atoms with Gasteiger partial charge >= 0.3 is 5.97 Å². The molecule has 0 aromatic heterocycles. The third kappa shape index (κ3) is 5.13. The van der Waals surface area contributed by atoms with Crippen molar-refractivity contribution in [3.63, 3.8) is 0 Å². The molecule has 4 amide bonds. The molecule has 1 fully saturated rings.